The minimum Gasteiger partial charge on any atom is -0.504 e. The lowest BCUT2D eigenvalue weighted by Gasteiger charge is -2.58. The van der Waals surface area contributed by atoms with E-state index in [-0.39, 0.29) is 23.4 Å². The molecule has 1 aliphatic carbocycles. The molecule has 3 heterocycles. The second-order valence-electron chi connectivity index (χ2n) is 11.4. The van der Waals surface area contributed by atoms with Crippen LogP contribution in [0.25, 0.3) is 0 Å². The molecule has 0 bridgehead atoms. The molecule has 3 aliphatic rings. The Kier molecular flexibility index (Phi) is 7.29. The van der Waals surface area contributed by atoms with Gasteiger partial charge in [-0.1, -0.05) is 13.0 Å². The van der Waals surface area contributed by atoms with Crippen molar-refractivity contribution in [2.24, 2.45) is 5.92 Å². The lowest BCUT2D eigenvalue weighted by atomic mass is 9.56. The summed E-state index contributed by atoms with van der Waals surface area (Å²) in [6.45, 7) is 8.95. The summed E-state index contributed by atoms with van der Waals surface area (Å²) < 4.78 is 0. The average molecular weight is 528 g/mol. The zero-order chi connectivity index (χ0) is 26.4. The number of likely N-dealkylation sites (tertiary alicyclic amines) is 2. The van der Waals surface area contributed by atoms with E-state index in [2.05, 4.69) is 16.8 Å². The summed E-state index contributed by atoms with van der Waals surface area (Å²) in [5.74, 6) is 0.533. The molecule has 7 nitrogen and oxygen atoms in total. The summed E-state index contributed by atoms with van der Waals surface area (Å²) in [6.07, 6.45) is 5.89. The smallest absolute Gasteiger partial charge is 0.222 e. The number of aliphatic hydroxyl groups is 1. The van der Waals surface area contributed by atoms with E-state index in [1.807, 2.05) is 30.2 Å². The maximum Gasteiger partial charge on any atom is 0.222 e. The number of carbonyl (C=O) groups excluding carboxylic acids is 1. The van der Waals surface area contributed by atoms with Gasteiger partial charge in [0.2, 0.25) is 5.91 Å². The molecule has 0 radical (unpaired) electrons. The van der Waals surface area contributed by atoms with E-state index in [4.69, 9.17) is 0 Å². The lowest BCUT2D eigenvalue weighted by Crippen LogP contribution is -2.68. The topological polar surface area (TPSA) is 97.1 Å². The number of aromatic nitrogens is 1. The average Bonchev–Trinajstić information content (AvgIpc) is 3.63. The summed E-state index contributed by atoms with van der Waals surface area (Å²) in [4.78, 5) is 22.2. The van der Waals surface area contributed by atoms with Crippen LogP contribution in [0.15, 0.2) is 17.5 Å². The van der Waals surface area contributed by atoms with Crippen molar-refractivity contribution in [3.63, 3.8) is 0 Å². The van der Waals surface area contributed by atoms with Crippen molar-refractivity contribution in [1.82, 2.24) is 14.8 Å². The first-order valence-corrected chi connectivity index (χ1v) is 14.8. The fourth-order valence-corrected chi connectivity index (χ4v) is 7.59. The highest BCUT2D eigenvalue weighted by atomic mass is 32.1. The number of aryl methyl sites for hydroxylation is 3. The van der Waals surface area contributed by atoms with Crippen molar-refractivity contribution in [1.29, 1.82) is 0 Å². The zero-order valence-corrected chi connectivity index (χ0v) is 23.2. The summed E-state index contributed by atoms with van der Waals surface area (Å²) in [6, 6.07) is 3.30. The Balaban J connectivity index is 1.48. The SMILES string of the molecule is CCc1ccc(O)c(O)c1C12CCN(C(=O)CCc3csc(C)n3)CCC1(O)C(C)N(CC1CC1)CC2. The van der Waals surface area contributed by atoms with Gasteiger partial charge in [0.1, 0.15) is 0 Å². The largest absolute Gasteiger partial charge is 0.504 e. The van der Waals surface area contributed by atoms with Crippen molar-refractivity contribution < 1.29 is 20.1 Å². The normalized spacial score (nSPS) is 28.6. The molecule has 1 amide bonds. The van der Waals surface area contributed by atoms with E-state index in [0.717, 1.165) is 29.4 Å². The van der Waals surface area contributed by atoms with Crippen LogP contribution in [0.4, 0.5) is 0 Å². The Morgan fingerprint density at radius 3 is 2.57 bits per heavy atom. The Morgan fingerprint density at radius 2 is 1.89 bits per heavy atom. The number of carbonyl (C=O) groups is 1. The van der Waals surface area contributed by atoms with Crippen LogP contribution in [-0.4, -0.2) is 73.8 Å². The highest BCUT2D eigenvalue weighted by molar-refractivity contribution is 7.09. The number of nitrogens with zero attached hydrogens (tertiary/aromatic N) is 3. The molecule has 1 saturated carbocycles. The fourth-order valence-electron chi connectivity index (χ4n) is 6.94. The monoisotopic (exact) mass is 527 g/mol. The zero-order valence-electron chi connectivity index (χ0n) is 22.4. The van der Waals surface area contributed by atoms with Crippen molar-refractivity contribution >= 4 is 17.2 Å². The molecule has 8 heteroatoms. The van der Waals surface area contributed by atoms with Crippen LogP contribution in [0.3, 0.4) is 0 Å². The molecule has 1 aromatic heterocycles. The van der Waals surface area contributed by atoms with Gasteiger partial charge in [-0.05, 0) is 82.9 Å². The molecule has 2 aromatic rings. The molecule has 2 aliphatic heterocycles. The molecule has 37 heavy (non-hydrogen) atoms. The van der Waals surface area contributed by atoms with Gasteiger partial charge in [-0.15, -0.1) is 11.3 Å². The molecule has 0 spiro atoms. The standard InChI is InChI=1S/C29H41N3O4S/c1-4-22-7-9-24(33)27(35)26(22)28-11-14-31(25(34)10-8-23-18-37-20(3)30-23)16-13-29(28,36)19(2)32(15-12-28)17-21-5-6-21/h7,9,18-19,21,33,35-36H,4-6,8,10-17H2,1-3H3. The summed E-state index contributed by atoms with van der Waals surface area (Å²) in [5.41, 5.74) is 0.701. The predicted octanol–water partition coefficient (Wildman–Crippen LogP) is 4.15. The number of amides is 1. The Morgan fingerprint density at radius 1 is 1.16 bits per heavy atom. The van der Waals surface area contributed by atoms with E-state index in [1.54, 1.807) is 17.4 Å². The van der Waals surface area contributed by atoms with E-state index >= 15 is 0 Å². The van der Waals surface area contributed by atoms with Gasteiger partial charge in [-0.25, -0.2) is 4.98 Å². The van der Waals surface area contributed by atoms with Gasteiger partial charge in [-0.2, -0.15) is 0 Å². The lowest BCUT2D eigenvalue weighted by molar-refractivity contribution is -0.138. The van der Waals surface area contributed by atoms with Crippen LogP contribution in [0.1, 0.15) is 74.2 Å². The molecule has 3 N–H and O–H groups in total. The van der Waals surface area contributed by atoms with Crippen molar-refractivity contribution in [2.75, 3.05) is 26.2 Å². The third-order valence-corrected chi connectivity index (χ3v) is 10.2. The van der Waals surface area contributed by atoms with Crippen LogP contribution >= 0.6 is 11.3 Å². The van der Waals surface area contributed by atoms with Crippen LogP contribution in [-0.2, 0) is 23.1 Å². The minimum absolute atomic E-state index is 0.0846. The number of phenols is 2. The first-order valence-electron chi connectivity index (χ1n) is 13.9. The van der Waals surface area contributed by atoms with Gasteiger partial charge in [0.25, 0.3) is 0 Å². The van der Waals surface area contributed by atoms with Gasteiger partial charge < -0.3 is 20.2 Å². The van der Waals surface area contributed by atoms with Crippen LogP contribution in [0, 0.1) is 12.8 Å². The first kappa shape index (κ1) is 26.4. The van der Waals surface area contributed by atoms with E-state index in [0.29, 0.717) is 63.1 Å². The molecule has 1 aromatic carbocycles. The highest BCUT2D eigenvalue weighted by Gasteiger charge is 2.60. The number of hydrogen-bond acceptors (Lipinski definition) is 7. The number of aromatic hydroxyl groups is 2. The molecule has 3 fully saturated rings. The predicted molar refractivity (Wildman–Crippen MR) is 145 cm³/mol. The van der Waals surface area contributed by atoms with Crippen LogP contribution in [0.2, 0.25) is 0 Å². The van der Waals surface area contributed by atoms with Gasteiger partial charge in [0, 0.05) is 48.5 Å². The van der Waals surface area contributed by atoms with Crippen molar-refractivity contribution in [3.05, 3.63) is 39.3 Å². The molecule has 5 rings (SSSR count). The first-order chi connectivity index (χ1) is 17.7. The quantitative estimate of drug-likeness (QED) is 0.468. The Labute approximate surface area is 224 Å². The van der Waals surface area contributed by atoms with E-state index in [9.17, 15) is 20.1 Å². The molecular formula is C29H41N3O4S. The summed E-state index contributed by atoms with van der Waals surface area (Å²) in [5, 5.41) is 37.5. The number of phenolic OH excluding ortho intramolecular Hbond substituents is 2. The van der Waals surface area contributed by atoms with E-state index in [1.165, 1.54) is 12.8 Å². The van der Waals surface area contributed by atoms with Gasteiger partial charge in [0.15, 0.2) is 11.5 Å². The third kappa shape index (κ3) is 4.77. The second-order valence-corrected chi connectivity index (χ2v) is 12.5. The Hall–Kier alpha value is -2.16. The van der Waals surface area contributed by atoms with Gasteiger partial charge >= 0.3 is 0 Å². The molecule has 3 unspecified atom stereocenters. The minimum atomic E-state index is -1.14. The van der Waals surface area contributed by atoms with Gasteiger partial charge in [0.05, 0.1) is 16.3 Å². The van der Waals surface area contributed by atoms with Gasteiger partial charge in [-0.3, -0.25) is 9.69 Å². The van der Waals surface area contributed by atoms with Crippen molar-refractivity contribution in [3.8, 4) is 11.5 Å². The number of benzene rings is 1. The summed E-state index contributed by atoms with van der Waals surface area (Å²) >= 11 is 1.60. The number of hydrogen-bond donors (Lipinski definition) is 3. The number of rotatable bonds is 7. The molecule has 202 valence electrons. The fraction of sp³-hybridized carbons (Fsp3) is 0.655. The molecule has 3 atom stereocenters. The molecule has 2 saturated heterocycles. The highest BCUT2D eigenvalue weighted by Crippen LogP contribution is 2.56. The maximum absolute atomic E-state index is 13.3. The molecular weight excluding hydrogens is 486 g/mol. The maximum atomic E-state index is 13.3. The Bertz CT molecular complexity index is 1150. The van der Waals surface area contributed by atoms with Crippen LogP contribution in [0.5, 0.6) is 11.5 Å². The van der Waals surface area contributed by atoms with E-state index < -0.39 is 11.0 Å². The summed E-state index contributed by atoms with van der Waals surface area (Å²) in [7, 11) is 0. The van der Waals surface area contributed by atoms with Crippen molar-refractivity contribution in [2.45, 2.75) is 89.2 Å². The second kappa shape index (κ2) is 10.2. The number of fused-ring (bicyclic) bond motifs is 1. The third-order valence-electron chi connectivity index (χ3n) is 9.37. The number of thiazole rings is 1. The van der Waals surface area contributed by atoms with Crippen LogP contribution < -0.4 is 0 Å². The number of piperidine rings is 1.